The molecule has 0 aromatic heterocycles. The topological polar surface area (TPSA) is 75.8 Å². The summed E-state index contributed by atoms with van der Waals surface area (Å²) < 4.78 is 5.68. The Morgan fingerprint density at radius 3 is 2.62 bits per heavy atom. The van der Waals surface area contributed by atoms with E-state index in [1.165, 1.54) is 19.3 Å². The Labute approximate surface area is 170 Å². The quantitative estimate of drug-likeness (QED) is 0.204. The van der Waals surface area contributed by atoms with Crippen molar-refractivity contribution in [3.63, 3.8) is 0 Å². The van der Waals surface area contributed by atoms with Crippen LogP contribution in [0.1, 0.15) is 54.9 Å². The van der Waals surface area contributed by atoms with Crippen LogP contribution in [0.25, 0.3) is 0 Å². The van der Waals surface area contributed by atoms with Gasteiger partial charge in [0.05, 0.1) is 17.9 Å². The molecule has 0 heterocycles. The zero-order valence-electron chi connectivity index (χ0n) is 15.5. The average Bonchev–Trinajstić information content (AvgIpc) is 2.64. The van der Waals surface area contributed by atoms with E-state index in [4.69, 9.17) is 27.2 Å². The first kappa shape index (κ1) is 23.2. The Kier molecular flexibility index (Phi) is 11.9. The SMILES string of the molecule is CCN(CCCCCCCCl)Cc1cc(C(=O)OCCO)cc(Br)c1N. The molecule has 0 aliphatic heterocycles. The molecular formula is C19H30BrClN2O3. The molecule has 26 heavy (non-hydrogen) atoms. The molecule has 0 spiro atoms. The van der Waals surface area contributed by atoms with E-state index in [1.807, 2.05) is 0 Å². The maximum absolute atomic E-state index is 12.1. The largest absolute Gasteiger partial charge is 0.460 e. The number of hydrogen-bond donors (Lipinski definition) is 2. The number of rotatable bonds is 13. The molecule has 0 amide bonds. The van der Waals surface area contributed by atoms with E-state index in [2.05, 4.69) is 27.8 Å². The van der Waals surface area contributed by atoms with Crippen molar-refractivity contribution in [2.24, 2.45) is 0 Å². The fraction of sp³-hybridized carbons (Fsp3) is 0.632. The Morgan fingerprint density at radius 2 is 1.96 bits per heavy atom. The zero-order chi connectivity index (χ0) is 19.4. The number of anilines is 1. The van der Waals surface area contributed by atoms with Crippen molar-refractivity contribution >= 4 is 39.2 Å². The van der Waals surface area contributed by atoms with Gasteiger partial charge in [-0.1, -0.05) is 26.2 Å². The number of unbranched alkanes of at least 4 members (excludes halogenated alkanes) is 4. The second-order valence-corrected chi connectivity index (χ2v) is 7.45. The maximum atomic E-state index is 12.1. The van der Waals surface area contributed by atoms with Gasteiger partial charge in [-0.3, -0.25) is 4.90 Å². The van der Waals surface area contributed by atoms with Crippen LogP contribution in [0.4, 0.5) is 5.69 Å². The van der Waals surface area contributed by atoms with Crippen LogP contribution in [0, 0.1) is 0 Å². The van der Waals surface area contributed by atoms with Crippen molar-refractivity contribution in [2.75, 3.05) is 37.9 Å². The first-order valence-electron chi connectivity index (χ1n) is 9.17. The number of carbonyl (C=O) groups is 1. The molecule has 1 rings (SSSR count). The minimum absolute atomic E-state index is 0.0129. The van der Waals surface area contributed by atoms with E-state index in [9.17, 15) is 4.79 Å². The highest BCUT2D eigenvalue weighted by molar-refractivity contribution is 9.10. The average molecular weight is 450 g/mol. The third kappa shape index (κ3) is 8.25. The number of halogens is 2. The van der Waals surface area contributed by atoms with Gasteiger partial charge >= 0.3 is 5.97 Å². The minimum atomic E-state index is -0.455. The number of ether oxygens (including phenoxy) is 1. The van der Waals surface area contributed by atoms with Gasteiger partial charge in [0.15, 0.2) is 0 Å². The van der Waals surface area contributed by atoms with E-state index in [0.29, 0.717) is 22.3 Å². The number of esters is 1. The van der Waals surface area contributed by atoms with Crippen LogP contribution in [0.3, 0.4) is 0 Å². The summed E-state index contributed by atoms with van der Waals surface area (Å²) in [4.78, 5) is 14.4. The normalized spacial score (nSPS) is 11.1. The lowest BCUT2D eigenvalue weighted by Gasteiger charge is -2.22. The molecule has 0 aliphatic rings. The van der Waals surface area contributed by atoms with Crippen LogP contribution in [-0.4, -0.2) is 48.2 Å². The number of nitrogens with zero attached hydrogens (tertiary/aromatic N) is 1. The summed E-state index contributed by atoms with van der Waals surface area (Å²) in [5.41, 5.74) is 8.17. The standard InChI is InChI=1S/C19H30BrClN2O3/c1-2-23(9-7-5-3-4-6-8-21)14-16-12-15(13-17(20)18(16)22)19(25)26-11-10-24/h12-13,24H,2-11,14,22H2,1H3. The van der Waals surface area contributed by atoms with Gasteiger partial charge in [-0.05, 0) is 59.6 Å². The van der Waals surface area contributed by atoms with Crippen molar-refractivity contribution < 1.29 is 14.6 Å². The number of nitrogens with two attached hydrogens (primary N) is 1. The smallest absolute Gasteiger partial charge is 0.338 e. The number of hydrogen-bond acceptors (Lipinski definition) is 5. The highest BCUT2D eigenvalue weighted by atomic mass is 79.9. The molecule has 7 heteroatoms. The minimum Gasteiger partial charge on any atom is -0.460 e. The zero-order valence-corrected chi connectivity index (χ0v) is 17.8. The van der Waals surface area contributed by atoms with Gasteiger partial charge < -0.3 is 15.6 Å². The molecule has 1 aromatic rings. The summed E-state index contributed by atoms with van der Waals surface area (Å²) in [6.07, 6.45) is 5.82. The Hall–Kier alpha value is -0.820. The molecule has 0 saturated heterocycles. The summed E-state index contributed by atoms with van der Waals surface area (Å²) in [5.74, 6) is 0.287. The number of benzene rings is 1. The van der Waals surface area contributed by atoms with Gasteiger partial charge in [0.25, 0.3) is 0 Å². The van der Waals surface area contributed by atoms with Crippen LogP contribution in [0.5, 0.6) is 0 Å². The summed E-state index contributed by atoms with van der Waals surface area (Å²) in [6.45, 7) is 4.51. The third-order valence-electron chi connectivity index (χ3n) is 4.22. The van der Waals surface area contributed by atoms with E-state index >= 15 is 0 Å². The Balaban J connectivity index is 2.67. The molecule has 0 bridgehead atoms. The van der Waals surface area contributed by atoms with E-state index in [1.54, 1.807) is 12.1 Å². The lowest BCUT2D eigenvalue weighted by atomic mass is 10.1. The number of aliphatic hydroxyl groups is 1. The number of alkyl halides is 1. The van der Waals surface area contributed by atoms with Gasteiger partial charge in [0, 0.05) is 16.9 Å². The molecule has 0 saturated carbocycles. The van der Waals surface area contributed by atoms with Crippen LogP contribution in [-0.2, 0) is 11.3 Å². The van der Waals surface area contributed by atoms with Crippen molar-refractivity contribution in [3.8, 4) is 0 Å². The molecule has 148 valence electrons. The van der Waals surface area contributed by atoms with Crippen molar-refractivity contribution in [3.05, 3.63) is 27.7 Å². The van der Waals surface area contributed by atoms with E-state index in [-0.39, 0.29) is 13.2 Å². The second kappa shape index (κ2) is 13.4. The van der Waals surface area contributed by atoms with Crippen LogP contribution in [0.15, 0.2) is 16.6 Å². The fourth-order valence-electron chi connectivity index (χ4n) is 2.70. The number of carbonyl (C=O) groups excluding carboxylic acids is 1. The molecule has 0 fully saturated rings. The van der Waals surface area contributed by atoms with Crippen LogP contribution in [0.2, 0.25) is 0 Å². The highest BCUT2D eigenvalue weighted by Gasteiger charge is 2.15. The Bertz CT molecular complexity index is 558. The van der Waals surface area contributed by atoms with Crippen molar-refractivity contribution in [1.29, 1.82) is 0 Å². The molecule has 1 aromatic carbocycles. The van der Waals surface area contributed by atoms with Gasteiger partial charge in [-0.2, -0.15) is 0 Å². The summed E-state index contributed by atoms with van der Waals surface area (Å²) in [6, 6.07) is 3.44. The molecule has 0 radical (unpaired) electrons. The number of nitrogen functional groups attached to an aromatic ring is 1. The van der Waals surface area contributed by atoms with E-state index < -0.39 is 5.97 Å². The van der Waals surface area contributed by atoms with Crippen LogP contribution >= 0.6 is 27.5 Å². The predicted octanol–water partition coefficient (Wildman–Crippen LogP) is 4.19. The fourth-order valence-corrected chi connectivity index (χ4v) is 3.39. The third-order valence-corrected chi connectivity index (χ3v) is 5.15. The summed E-state index contributed by atoms with van der Waals surface area (Å²) in [7, 11) is 0. The molecule has 0 aliphatic carbocycles. The monoisotopic (exact) mass is 448 g/mol. The lowest BCUT2D eigenvalue weighted by molar-refractivity contribution is 0.0433. The summed E-state index contributed by atoms with van der Waals surface area (Å²) >= 11 is 9.12. The highest BCUT2D eigenvalue weighted by Crippen LogP contribution is 2.27. The predicted molar refractivity (Wildman–Crippen MR) is 111 cm³/mol. The van der Waals surface area contributed by atoms with E-state index in [0.717, 1.165) is 37.4 Å². The first-order valence-corrected chi connectivity index (χ1v) is 10.5. The van der Waals surface area contributed by atoms with Gasteiger partial charge in [-0.15, -0.1) is 11.6 Å². The molecule has 0 atom stereocenters. The molecular weight excluding hydrogens is 420 g/mol. The Morgan fingerprint density at radius 1 is 1.27 bits per heavy atom. The maximum Gasteiger partial charge on any atom is 0.338 e. The van der Waals surface area contributed by atoms with Crippen LogP contribution < -0.4 is 5.73 Å². The second-order valence-electron chi connectivity index (χ2n) is 6.22. The van der Waals surface area contributed by atoms with Gasteiger partial charge in [0.2, 0.25) is 0 Å². The lowest BCUT2D eigenvalue weighted by Crippen LogP contribution is -2.25. The molecule has 0 unspecified atom stereocenters. The molecule has 5 nitrogen and oxygen atoms in total. The first-order chi connectivity index (χ1) is 12.5. The number of aliphatic hydroxyl groups excluding tert-OH is 1. The van der Waals surface area contributed by atoms with Crippen molar-refractivity contribution in [2.45, 2.75) is 45.6 Å². The van der Waals surface area contributed by atoms with Crippen molar-refractivity contribution in [1.82, 2.24) is 4.90 Å². The molecule has 3 N–H and O–H groups in total. The van der Waals surface area contributed by atoms with Gasteiger partial charge in [0.1, 0.15) is 6.61 Å². The summed E-state index contributed by atoms with van der Waals surface area (Å²) in [5, 5.41) is 8.80. The van der Waals surface area contributed by atoms with Gasteiger partial charge in [-0.25, -0.2) is 4.79 Å².